The number of fused-ring (bicyclic) bond motifs is 1. The number of carbonyl (C=O) groups is 2. The van der Waals surface area contributed by atoms with Crippen molar-refractivity contribution in [2.45, 2.75) is 13.8 Å². The molecule has 0 unspecified atom stereocenters. The molecule has 1 N–H and O–H groups in total. The van der Waals surface area contributed by atoms with Crippen molar-refractivity contribution >= 4 is 28.3 Å². The Labute approximate surface area is 188 Å². The standard InChI is InChI=1S/C22H21FN4O4S/c1-13(2)10-27(21(29)15-5-3-4-6-16(15)23)11-19(28)24-22-26-25-20(32-22)14-7-8-17-18(9-14)31-12-30-17/h3-9,13H,10-12H2,1-2H3,(H,24,26,28). The van der Waals surface area contributed by atoms with Crippen LogP contribution in [0.4, 0.5) is 9.52 Å². The number of hydrogen-bond donors (Lipinski definition) is 1. The van der Waals surface area contributed by atoms with E-state index in [1.807, 2.05) is 19.9 Å². The molecule has 10 heteroatoms. The summed E-state index contributed by atoms with van der Waals surface area (Å²) in [5.74, 6) is -0.216. The zero-order valence-corrected chi connectivity index (χ0v) is 18.3. The maximum absolute atomic E-state index is 14.1. The van der Waals surface area contributed by atoms with Gasteiger partial charge in [-0.15, -0.1) is 10.2 Å². The first-order valence-electron chi connectivity index (χ1n) is 9.98. The van der Waals surface area contributed by atoms with Crippen LogP contribution in [-0.2, 0) is 4.79 Å². The second-order valence-electron chi connectivity index (χ2n) is 7.59. The molecule has 0 spiro atoms. The third kappa shape index (κ3) is 4.86. The molecule has 1 aromatic heterocycles. The second-order valence-corrected chi connectivity index (χ2v) is 8.57. The molecule has 0 bridgehead atoms. The highest BCUT2D eigenvalue weighted by molar-refractivity contribution is 7.18. The Hall–Kier alpha value is -3.53. The fourth-order valence-electron chi connectivity index (χ4n) is 3.22. The molecule has 0 atom stereocenters. The van der Waals surface area contributed by atoms with Gasteiger partial charge >= 0.3 is 0 Å². The lowest BCUT2D eigenvalue weighted by Crippen LogP contribution is -2.40. The van der Waals surface area contributed by atoms with Crippen LogP contribution in [0.2, 0.25) is 0 Å². The van der Waals surface area contributed by atoms with Gasteiger partial charge in [0.1, 0.15) is 17.4 Å². The quantitative estimate of drug-likeness (QED) is 0.581. The molecule has 2 heterocycles. The monoisotopic (exact) mass is 456 g/mol. The molecule has 3 aromatic rings. The molecular formula is C22H21FN4O4S. The van der Waals surface area contributed by atoms with Gasteiger partial charge in [-0.05, 0) is 36.2 Å². The van der Waals surface area contributed by atoms with E-state index in [-0.39, 0.29) is 24.8 Å². The number of amides is 2. The third-order valence-electron chi connectivity index (χ3n) is 4.60. The summed E-state index contributed by atoms with van der Waals surface area (Å²) in [5, 5.41) is 11.7. The predicted molar refractivity (Wildman–Crippen MR) is 117 cm³/mol. The molecule has 4 rings (SSSR count). The van der Waals surface area contributed by atoms with Gasteiger partial charge in [0.2, 0.25) is 17.8 Å². The third-order valence-corrected chi connectivity index (χ3v) is 5.49. The SMILES string of the molecule is CC(C)CN(CC(=O)Nc1nnc(-c2ccc3c(c2)OCO3)s1)C(=O)c1ccccc1F. The van der Waals surface area contributed by atoms with Crippen LogP contribution in [0.25, 0.3) is 10.6 Å². The highest BCUT2D eigenvalue weighted by Gasteiger charge is 2.23. The molecule has 1 aliphatic rings. The van der Waals surface area contributed by atoms with Crippen LogP contribution in [0.1, 0.15) is 24.2 Å². The number of nitrogens with one attached hydrogen (secondary N) is 1. The topological polar surface area (TPSA) is 93.7 Å². The number of benzene rings is 2. The first kappa shape index (κ1) is 21.7. The fourth-order valence-corrected chi connectivity index (χ4v) is 3.97. The molecule has 0 fully saturated rings. The van der Waals surface area contributed by atoms with Crippen LogP contribution in [-0.4, -0.2) is 46.8 Å². The van der Waals surface area contributed by atoms with Crippen molar-refractivity contribution in [3.63, 3.8) is 0 Å². The van der Waals surface area contributed by atoms with Gasteiger partial charge in [0.15, 0.2) is 11.5 Å². The molecule has 166 valence electrons. The van der Waals surface area contributed by atoms with Crippen LogP contribution in [0.3, 0.4) is 0 Å². The van der Waals surface area contributed by atoms with E-state index in [0.717, 1.165) is 5.56 Å². The molecule has 1 aliphatic heterocycles. The molecule has 0 radical (unpaired) electrons. The molecule has 0 saturated carbocycles. The fraction of sp³-hybridized carbons (Fsp3) is 0.273. The van der Waals surface area contributed by atoms with Crippen molar-refractivity contribution in [2.24, 2.45) is 5.92 Å². The van der Waals surface area contributed by atoms with Crippen molar-refractivity contribution in [3.8, 4) is 22.1 Å². The Morgan fingerprint density at radius 3 is 2.72 bits per heavy atom. The van der Waals surface area contributed by atoms with Crippen LogP contribution < -0.4 is 14.8 Å². The first-order chi connectivity index (χ1) is 15.4. The van der Waals surface area contributed by atoms with Gasteiger partial charge in [-0.25, -0.2) is 4.39 Å². The number of rotatable bonds is 7. The Balaban J connectivity index is 1.44. The minimum Gasteiger partial charge on any atom is -0.454 e. The van der Waals surface area contributed by atoms with Crippen LogP contribution in [0, 0.1) is 11.7 Å². The normalized spacial score (nSPS) is 12.1. The number of ether oxygens (including phenoxy) is 2. The van der Waals surface area contributed by atoms with Crippen molar-refractivity contribution in [3.05, 3.63) is 53.8 Å². The van der Waals surface area contributed by atoms with E-state index in [2.05, 4.69) is 15.5 Å². The van der Waals surface area contributed by atoms with Gasteiger partial charge in [0.25, 0.3) is 5.91 Å². The zero-order valence-electron chi connectivity index (χ0n) is 17.5. The highest BCUT2D eigenvalue weighted by atomic mass is 32.1. The van der Waals surface area contributed by atoms with E-state index in [1.165, 1.54) is 34.4 Å². The number of aromatic nitrogens is 2. The lowest BCUT2D eigenvalue weighted by Gasteiger charge is -2.24. The van der Waals surface area contributed by atoms with E-state index in [4.69, 9.17) is 9.47 Å². The molecule has 0 saturated heterocycles. The van der Waals surface area contributed by atoms with Crippen molar-refractivity contribution in [1.29, 1.82) is 0 Å². The molecule has 2 aromatic carbocycles. The number of carbonyl (C=O) groups excluding carboxylic acids is 2. The Morgan fingerprint density at radius 2 is 1.94 bits per heavy atom. The Kier molecular flexibility index (Phi) is 6.31. The summed E-state index contributed by atoms with van der Waals surface area (Å²) in [4.78, 5) is 26.8. The van der Waals surface area contributed by atoms with Crippen molar-refractivity contribution < 1.29 is 23.5 Å². The number of nitrogens with zero attached hydrogens (tertiary/aromatic N) is 3. The number of halogens is 1. The lowest BCUT2D eigenvalue weighted by molar-refractivity contribution is -0.117. The van der Waals surface area contributed by atoms with Gasteiger partial charge in [-0.2, -0.15) is 0 Å². The molecule has 32 heavy (non-hydrogen) atoms. The summed E-state index contributed by atoms with van der Waals surface area (Å²) in [6.45, 7) is 4.09. The maximum Gasteiger partial charge on any atom is 0.257 e. The van der Waals surface area contributed by atoms with E-state index < -0.39 is 17.6 Å². The summed E-state index contributed by atoms with van der Waals surface area (Å²) < 4.78 is 24.8. The molecule has 0 aliphatic carbocycles. The maximum atomic E-state index is 14.1. The van der Waals surface area contributed by atoms with Crippen molar-refractivity contribution in [2.75, 3.05) is 25.2 Å². The summed E-state index contributed by atoms with van der Waals surface area (Å²) >= 11 is 1.19. The van der Waals surface area contributed by atoms with Crippen molar-refractivity contribution in [1.82, 2.24) is 15.1 Å². The average molecular weight is 456 g/mol. The largest absolute Gasteiger partial charge is 0.454 e. The van der Waals surface area contributed by atoms with Gasteiger partial charge < -0.3 is 14.4 Å². The smallest absolute Gasteiger partial charge is 0.257 e. The highest BCUT2D eigenvalue weighted by Crippen LogP contribution is 2.37. The minimum absolute atomic E-state index is 0.0676. The van der Waals surface area contributed by atoms with Gasteiger partial charge in [-0.1, -0.05) is 37.3 Å². The summed E-state index contributed by atoms with van der Waals surface area (Å²) in [7, 11) is 0. The number of anilines is 1. The van der Waals surface area contributed by atoms with Gasteiger partial charge in [0.05, 0.1) is 5.56 Å². The summed E-state index contributed by atoms with van der Waals surface area (Å²) in [5.41, 5.74) is 0.713. The molecular weight excluding hydrogens is 435 g/mol. The van der Waals surface area contributed by atoms with Crippen LogP contribution in [0.15, 0.2) is 42.5 Å². The number of hydrogen-bond acceptors (Lipinski definition) is 7. The summed E-state index contributed by atoms with van der Waals surface area (Å²) in [6.07, 6.45) is 0. The van der Waals surface area contributed by atoms with Crippen LogP contribution in [0.5, 0.6) is 11.5 Å². The van der Waals surface area contributed by atoms with Gasteiger partial charge in [0, 0.05) is 12.1 Å². The Morgan fingerprint density at radius 1 is 1.16 bits per heavy atom. The van der Waals surface area contributed by atoms with E-state index in [0.29, 0.717) is 28.2 Å². The lowest BCUT2D eigenvalue weighted by atomic mass is 10.1. The Bertz CT molecular complexity index is 1150. The minimum atomic E-state index is -0.621. The molecule has 2 amide bonds. The van der Waals surface area contributed by atoms with Gasteiger partial charge in [-0.3, -0.25) is 14.9 Å². The van der Waals surface area contributed by atoms with E-state index in [9.17, 15) is 14.0 Å². The predicted octanol–water partition coefficient (Wildman–Crippen LogP) is 3.81. The molecule has 8 nitrogen and oxygen atoms in total. The summed E-state index contributed by atoms with van der Waals surface area (Å²) in [6, 6.07) is 11.1. The second kappa shape index (κ2) is 9.31. The first-order valence-corrected chi connectivity index (χ1v) is 10.8. The average Bonchev–Trinajstić information content (AvgIpc) is 3.41. The van der Waals surface area contributed by atoms with E-state index >= 15 is 0 Å². The van der Waals surface area contributed by atoms with Crippen LogP contribution >= 0.6 is 11.3 Å². The zero-order chi connectivity index (χ0) is 22.7. The van der Waals surface area contributed by atoms with E-state index in [1.54, 1.807) is 18.2 Å².